The van der Waals surface area contributed by atoms with E-state index in [-0.39, 0.29) is 10.9 Å². The molecule has 0 bridgehead atoms. The Morgan fingerprint density at radius 3 is 2.60 bits per heavy atom. The van der Waals surface area contributed by atoms with E-state index in [9.17, 15) is 13.2 Å². The van der Waals surface area contributed by atoms with Crippen molar-refractivity contribution < 1.29 is 13.2 Å². The third kappa shape index (κ3) is 6.43. The molecule has 4 aromatic heterocycles. The normalized spacial score (nSPS) is 16.0. The number of alkyl halides is 3. The van der Waals surface area contributed by atoms with Crippen molar-refractivity contribution in [3.63, 3.8) is 0 Å². The molecule has 11 heteroatoms. The standard InChI is InChI=1S/C32H38F3N7S/c1-5-29-39-30(27-13-25(14-32(33,34)35)43-31(27)40-29)38-24-8-10-41(11-9-24)18-22-6-7-28-26(21(22)4)12-20(3)42(28)17-19(2)23-15-36-37-16-23/h6-7,12-13,15-16,19,24H,5,8-11,14,17-18H2,1-4H3,(H,36,37)(H,38,39,40). The Hall–Kier alpha value is -3.44. The quantitative estimate of drug-likeness (QED) is 0.181. The minimum atomic E-state index is -4.24. The molecule has 0 spiro atoms. The molecule has 1 aromatic carbocycles. The summed E-state index contributed by atoms with van der Waals surface area (Å²) in [5.74, 6) is 1.67. The number of nitrogens with zero attached hydrogens (tertiary/aromatic N) is 5. The van der Waals surface area contributed by atoms with Gasteiger partial charge in [0.25, 0.3) is 0 Å². The molecule has 7 nitrogen and oxygen atoms in total. The average molecular weight is 610 g/mol. The number of H-pyrrole nitrogens is 1. The van der Waals surface area contributed by atoms with Crippen LogP contribution >= 0.6 is 11.3 Å². The number of hydrogen-bond acceptors (Lipinski definition) is 6. The summed E-state index contributed by atoms with van der Waals surface area (Å²) in [4.78, 5) is 12.6. The van der Waals surface area contributed by atoms with E-state index in [1.54, 1.807) is 6.07 Å². The van der Waals surface area contributed by atoms with Crippen LogP contribution in [0.4, 0.5) is 19.0 Å². The zero-order valence-corrected chi connectivity index (χ0v) is 25.9. The Kier molecular flexibility index (Phi) is 8.21. The summed E-state index contributed by atoms with van der Waals surface area (Å²) >= 11 is 1.11. The van der Waals surface area contributed by atoms with Crippen LogP contribution in [0.15, 0.2) is 36.7 Å². The van der Waals surface area contributed by atoms with E-state index in [1.165, 1.54) is 33.3 Å². The number of thiophene rings is 1. The fourth-order valence-corrected chi connectivity index (χ4v) is 7.29. The van der Waals surface area contributed by atoms with E-state index in [2.05, 4.69) is 73.9 Å². The maximum atomic E-state index is 13.0. The Labute approximate surface area is 253 Å². The van der Waals surface area contributed by atoms with Crippen LogP contribution in [0.1, 0.15) is 65.7 Å². The van der Waals surface area contributed by atoms with Crippen LogP contribution in [0.3, 0.4) is 0 Å². The van der Waals surface area contributed by atoms with Crippen molar-refractivity contribution in [2.45, 2.75) is 84.6 Å². The van der Waals surface area contributed by atoms with Gasteiger partial charge in [0.15, 0.2) is 0 Å². The van der Waals surface area contributed by atoms with Gasteiger partial charge in [0, 0.05) is 72.2 Å². The first-order chi connectivity index (χ1) is 20.6. The minimum absolute atomic E-state index is 0.211. The van der Waals surface area contributed by atoms with Crippen molar-refractivity contribution in [1.82, 2.24) is 29.6 Å². The van der Waals surface area contributed by atoms with Crippen molar-refractivity contribution in [3.05, 3.63) is 69.7 Å². The van der Waals surface area contributed by atoms with E-state index < -0.39 is 12.6 Å². The van der Waals surface area contributed by atoms with Gasteiger partial charge in [-0.15, -0.1) is 11.3 Å². The molecule has 228 valence electrons. The number of hydrogen-bond donors (Lipinski definition) is 2. The third-order valence-corrected chi connectivity index (χ3v) is 9.75. The number of rotatable bonds is 9. The lowest BCUT2D eigenvalue weighted by Crippen LogP contribution is -2.39. The SMILES string of the molecule is CCc1nc(NC2CCN(Cc3ccc4c(cc(C)n4CC(C)c4cn[nH]c4)c3C)CC2)c2cc(CC(F)(F)F)sc2n1. The number of nitrogens with one attached hydrogen (secondary N) is 2. The van der Waals surface area contributed by atoms with E-state index >= 15 is 0 Å². The zero-order chi connectivity index (χ0) is 30.3. The van der Waals surface area contributed by atoms with Crippen LogP contribution in [-0.4, -0.2) is 54.9 Å². The molecular weight excluding hydrogens is 571 g/mol. The zero-order valence-electron chi connectivity index (χ0n) is 25.1. The Bertz CT molecular complexity index is 1710. The van der Waals surface area contributed by atoms with Gasteiger partial charge >= 0.3 is 6.18 Å². The molecule has 1 saturated heterocycles. The Balaban J connectivity index is 1.12. The van der Waals surface area contributed by atoms with Crippen molar-refractivity contribution in [2.75, 3.05) is 18.4 Å². The topological polar surface area (TPSA) is 74.7 Å². The maximum Gasteiger partial charge on any atom is 0.393 e. The number of piperidine rings is 1. The Morgan fingerprint density at radius 2 is 1.91 bits per heavy atom. The van der Waals surface area contributed by atoms with Crippen LogP contribution in [0.5, 0.6) is 0 Å². The highest BCUT2D eigenvalue weighted by atomic mass is 32.1. The number of likely N-dealkylation sites (tertiary alicyclic amines) is 1. The summed E-state index contributed by atoms with van der Waals surface area (Å²) in [6, 6.07) is 8.67. The van der Waals surface area contributed by atoms with Gasteiger partial charge in [-0.1, -0.05) is 19.9 Å². The number of anilines is 1. The van der Waals surface area contributed by atoms with E-state index in [4.69, 9.17) is 0 Å². The number of aromatic nitrogens is 5. The van der Waals surface area contributed by atoms with Crippen molar-refractivity contribution in [3.8, 4) is 0 Å². The second-order valence-electron chi connectivity index (χ2n) is 11.9. The van der Waals surface area contributed by atoms with Crippen LogP contribution in [-0.2, 0) is 25.9 Å². The number of aryl methyl sites for hydroxylation is 3. The monoisotopic (exact) mass is 609 g/mol. The number of fused-ring (bicyclic) bond motifs is 2. The molecule has 0 radical (unpaired) electrons. The summed E-state index contributed by atoms with van der Waals surface area (Å²) in [5.41, 5.74) is 6.42. The number of aromatic amines is 1. The Morgan fingerprint density at radius 1 is 1.12 bits per heavy atom. The molecular formula is C32H38F3N7S. The summed E-state index contributed by atoms with van der Waals surface area (Å²) in [6.45, 7) is 12.3. The van der Waals surface area contributed by atoms with Crippen molar-refractivity contribution in [1.29, 1.82) is 0 Å². The highest BCUT2D eigenvalue weighted by molar-refractivity contribution is 7.18. The van der Waals surface area contributed by atoms with Crippen LogP contribution in [0, 0.1) is 13.8 Å². The lowest BCUT2D eigenvalue weighted by Gasteiger charge is -2.33. The summed E-state index contributed by atoms with van der Waals surface area (Å²) in [5, 5.41) is 12.6. The molecule has 1 aliphatic rings. The first kappa shape index (κ1) is 29.6. The second kappa shape index (κ2) is 11.9. The third-order valence-electron chi connectivity index (χ3n) is 8.72. The lowest BCUT2D eigenvalue weighted by molar-refractivity contribution is -0.126. The molecule has 0 amide bonds. The molecule has 0 saturated carbocycles. The predicted molar refractivity (Wildman–Crippen MR) is 167 cm³/mol. The first-order valence-corrected chi connectivity index (χ1v) is 15.8. The summed E-state index contributed by atoms with van der Waals surface area (Å²) in [7, 11) is 0. The molecule has 43 heavy (non-hydrogen) atoms. The van der Waals surface area contributed by atoms with E-state index in [1.807, 2.05) is 19.3 Å². The van der Waals surface area contributed by atoms with Gasteiger partial charge in [-0.05, 0) is 61.6 Å². The largest absolute Gasteiger partial charge is 0.393 e. The first-order valence-electron chi connectivity index (χ1n) is 15.0. The molecule has 1 unspecified atom stereocenters. The number of halogens is 3. The molecule has 2 N–H and O–H groups in total. The second-order valence-corrected chi connectivity index (χ2v) is 13.0. The molecule has 5 heterocycles. The van der Waals surface area contributed by atoms with Crippen LogP contribution in [0.2, 0.25) is 0 Å². The van der Waals surface area contributed by atoms with Gasteiger partial charge in [-0.3, -0.25) is 10.00 Å². The minimum Gasteiger partial charge on any atom is -0.367 e. The van der Waals surface area contributed by atoms with Gasteiger partial charge in [-0.2, -0.15) is 18.3 Å². The van der Waals surface area contributed by atoms with E-state index in [0.29, 0.717) is 34.2 Å². The lowest BCUT2D eigenvalue weighted by atomic mass is 10.0. The predicted octanol–water partition coefficient (Wildman–Crippen LogP) is 7.53. The molecule has 5 aromatic rings. The van der Waals surface area contributed by atoms with E-state index in [0.717, 1.165) is 50.4 Å². The maximum absolute atomic E-state index is 13.0. The van der Waals surface area contributed by atoms with Crippen LogP contribution in [0.25, 0.3) is 21.1 Å². The van der Waals surface area contributed by atoms with Gasteiger partial charge in [-0.25, -0.2) is 9.97 Å². The van der Waals surface area contributed by atoms with Crippen molar-refractivity contribution in [2.24, 2.45) is 0 Å². The van der Waals surface area contributed by atoms with Gasteiger partial charge < -0.3 is 9.88 Å². The molecule has 1 atom stereocenters. The van der Waals surface area contributed by atoms with Gasteiger partial charge in [0.05, 0.1) is 18.0 Å². The highest BCUT2D eigenvalue weighted by Gasteiger charge is 2.29. The fraction of sp³-hybridized carbons (Fsp3) is 0.469. The summed E-state index contributed by atoms with van der Waals surface area (Å²) < 4.78 is 41.5. The number of benzene rings is 1. The van der Waals surface area contributed by atoms with Gasteiger partial charge in [0.2, 0.25) is 0 Å². The fourth-order valence-electron chi connectivity index (χ4n) is 6.22. The average Bonchev–Trinajstić information content (AvgIpc) is 3.70. The van der Waals surface area contributed by atoms with Gasteiger partial charge in [0.1, 0.15) is 16.5 Å². The highest BCUT2D eigenvalue weighted by Crippen LogP contribution is 2.34. The molecule has 1 aliphatic heterocycles. The molecule has 0 aliphatic carbocycles. The van der Waals surface area contributed by atoms with Crippen LogP contribution < -0.4 is 5.32 Å². The summed E-state index contributed by atoms with van der Waals surface area (Å²) in [6.07, 6.45) is 1.21. The van der Waals surface area contributed by atoms with Crippen molar-refractivity contribution >= 4 is 38.3 Å². The molecule has 6 rings (SSSR count). The molecule has 1 fully saturated rings. The smallest absolute Gasteiger partial charge is 0.367 e.